The van der Waals surface area contributed by atoms with Crippen molar-refractivity contribution in [3.05, 3.63) is 23.5 Å². The van der Waals surface area contributed by atoms with Gasteiger partial charge < -0.3 is 10.6 Å². The van der Waals surface area contributed by atoms with Gasteiger partial charge in [0.15, 0.2) is 0 Å². The zero-order valence-corrected chi connectivity index (χ0v) is 10.3. The first-order valence-corrected chi connectivity index (χ1v) is 6.14. The first-order valence-electron chi connectivity index (χ1n) is 5.76. The van der Waals surface area contributed by atoms with E-state index >= 15 is 0 Å². The Morgan fingerprint density at radius 2 is 2.38 bits per heavy atom. The van der Waals surface area contributed by atoms with E-state index in [0.29, 0.717) is 17.0 Å². The molecular weight excluding hydrogens is 222 g/mol. The molecule has 2 unspecified atom stereocenters. The quantitative estimate of drug-likeness (QED) is 0.880. The molecular formula is C12H18ClN3. The first kappa shape index (κ1) is 11.7. The Balaban J connectivity index is 2.18. The average Bonchev–Trinajstić information content (AvgIpc) is 2.77. The maximum Gasteiger partial charge on any atom is 0.0822 e. The number of pyridine rings is 1. The molecule has 1 saturated carbocycles. The second-order valence-electron chi connectivity index (χ2n) is 4.43. The van der Waals surface area contributed by atoms with Gasteiger partial charge in [0.2, 0.25) is 0 Å². The van der Waals surface area contributed by atoms with Crippen LogP contribution in [0.4, 0.5) is 5.69 Å². The van der Waals surface area contributed by atoms with Crippen LogP contribution in [-0.2, 0) is 0 Å². The summed E-state index contributed by atoms with van der Waals surface area (Å²) in [7, 11) is 2.10. The molecule has 0 amide bonds. The highest BCUT2D eigenvalue weighted by molar-refractivity contribution is 6.33. The number of aromatic nitrogens is 1. The van der Waals surface area contributed by atoms with Gasteiger partial charge in [0.05, 0.1) is 10.7 Å². The number of hydrogen-bond donors (Lipinski definition) is 1. The summed E-state index contributed by atoms with van der Waals surface area (Å²) in [5, 5.41) is 0.715. The predicted octanol–water partition coefficient (Wildman–Crippen LogP) is 2.30. The monoisotopic (exact) mass is 239 g/mol. The van der Waals surface area contributed by atoms with Gasteiger partial charge >= 0.3 is 0 Å². The van der Waals surface area contributed by atoms with Crippen LogP contribution < -0.4 is 10.6 Å². The van der Waals surface area contributed by atoms with E-state index in [-0.39, 0.29) is 0 Å². The van der Waals surface area contributed by atoms with Crippen LogP contribution >= 0.6 is 11.6 Å². The van der Waals surface area contributed by atoms with Crippen molar-refractivity contribution in [1.29, 1.82) is 0 Å². The van der Waals surface area contributed by atoms with Gasteiger partial charge in [-0.2, -0.15) is 0 Å². The highest BCUT2D eigenvalue weighted by Crippen LogP contribution is 2.33. The van der Waals surface area contributed by atoms with E-state index in [1.165, 1.54) is 19.3 Å². The van der Waals surface area contributed by atoms with E-state index < -0.39 is 0 Å². The molecule has 0 aromatic carbocycles. The fourth-order valence-electron chi connectivity index (χ4n) is 2.63. The molecule has 2 rings (SSSR count). The highest BCUT2D eigenvalue weighted by Gasteiger charge is 2.30. The van der Waals surface area contributed by atoms with Gasteiger partial charge in [0.25, 0.3) is 0 Å². The van der Waals surface area contributed by atoms with E-state index in [1.807, 2.05) is 6.07 Å². The number of anilines is 1. The van der Waals surface area contributed by atoms with Crippen LogP contribution in [0, 0.1) is 5.92 Å². The van der Waals surface area contributed by atoms with E-state index in [9.17, 15) is 0 Å². The lowest BCUT2D eigenvalue weighted by Gasteiger charge is -2.31. The van der Waals surface area contributed by atoms with E-state index in [1.54, 1.807) is 12.4 Å². The van der Waals surface area contributed by atoms with Crippen molar-refractivity contribution in [3.63, 3.8) is 0 Å². The SMILES string of the molecule is CN(c1ccncc1Cl)C1CCCC1CN. The summed E-state index contributed by atoms with van der Waals surface area (Å²) in [4.78, 5) is 6.27. The van der Waals surface area contributed by atoms with Crippen LogP contribution in [-0.4, -0.2) is 24.6 Å². The molecule has 2 atom stereocenters. The van der Waals surface area contributed by atoms with Crippen molar-refractivity contribution in [2.75, 3.05) is 18.5 Å². The summed E-state index contributed by atoms with van der Waals surface area (Å²) >= 11 is 6.15. The lowest BCUT2D eigenvalue weighted by molar-refractivity contribution is 0.474. The Labute approximate surface area is 102 Å². The van der Waals surface area contributed by atoms with E-state index in [2.05, 4.69) is 16.9 Å². The summed E-state index contributed by atoms with van der Waals surface area (Å²) < 4.78 is 0. The topological polar surface area (TPSA) is 42.2 Å². The van der Waals surface area contributed by atoms with Gasteiger partial charge in [-0.3, -0.25) is 4.98 Å². The number of rotatable bonds is 3. The molecule has 0 bridgehead atoms. The number of halogens is 1. The van der Waals surface area contributed by atoms with E-state index in [4.69, 9.17) is 17.3 Å². The van der Waals surface area contributed by atoms with Gasteiger partial charge in [0, 0.05) is 25.5 Å². The molecule has 0 radical (unpaired) electrons. The smallest absolute Gasteiger partial charge is 0.0822 e. The molecule has 4 heteroatoms. The summed E-state index contributed by atoms with van der Waals surface area (Å²) in [5.41, 5.74) is 6.86. The highest BCUT2D eigenvalue weighted by atomic mass is 35.5. The van der Waals surface area contributed by atoms with Crippen molar-refractivity contribution in [3.8, 4) is 0 Å². The van der Waals surface area contributed by atoms with Crippen molar-refractivity contribution in [2.45, 2.75) is 25.3 Å². The van der Waals surface area contributed by atoms with Crippen molar-refractivity contribution >= 4 is 17.3 Å². The molecule has 1 aliphatic carbocycles. The second-order valence-corrected chi connectivity index (χ2v) is 4.84. The molecule has 1 aliphatic rings. The molecule has 3 nitrogen and oxygen atoms in total. The summed E-state index contributed by atoms with van der Waals surface area (Å²) in [5.74, 6) is 0.592. The van der Waals surface area contributed by atoms with Crippen LogP contribution in [0.1, 0.15) is 19.3 Å². The lowest BCUT2D eigenvalue weighted by atomic mass is 10.0. The van der Waals surface area contributed by atoms with Gasteiger partial charge in [-0.1, -0.05) is 18.0 Å². The van der Waals surface area contributed by atoms with Gasteiger partial charge in [-0.25, -0.2) is 0 Å². The standard InChI is InChI=1S/C12H18ClN3/c1-16(11-4-2-3-9(11)7-14)12-5-6-15-8-10(12)13/h5-6,8-9,11H,2-4,7,14H2,1H3. The van der Waals surface area contributed by atoms with Crippen LogP contribution in [0.5, 0.6) is 0 Å². The minimum Gasteiger partial charge on any atom is -0.370 e. The second kappa shape index (κ2) is 5.02. The Hall–Kier alpha value is -0.800. The average molecular weight is 240 g/mol. The van der Waals surface area contributed by atoms with Crippen LogP contribution in [0.25, 0.3) is 0 Å². The molecule has 1 aromatic rings. The van der Waals surface area contributed by atoms with Crippen LogP contribution in [0.2, 0.25) is 5.02 Å². The Kier molecular flexibility index (Phi) is 3.66. The number of nitrogens with two attached hydrogens (primary N) is 1. The maximum atomic E-state index is 6.15. The number of nitrogens with zero attached hydrogens (tertiary/aromatic N) is 2. The van der Waals surface area contributed by atoms with Gasteiger partial charge in [-0.15, -0.1) is 0 Å². The molecule has 88 valence electrons. The van der Waals surface area contributed by atoms with Crippen molar-refractivity contribution in [1.82, 2.24) is 4.98 Å². The zero-order valence-electron chi connectivity index (χ0n) is 9.56. The third kappa shape index (κ3) is 2.15. The van der Waals surface area contributed by atoms with Gasteiger partial charge in [-0.05, 0) is 31.4 Å². The molecule has 1 heterocycles. The lowest BCUT2D eigenvalue weighted by Crippen LogP contribution is -2.37. The molecule has 16 heavy (non-hydrogen) atoms. The maximum absolute atomic E-state index is 6.15. The largest absolute Gasteiger partial charge is 0.370 e. The normalized spacial score (nSPS) is 24.7. The summed E-state index contributed by atoms with van der Waals surface area (Å²) in [6, 6.07) is 2.48. The molecule has 0 spiro atoms. The van der Waals surface area contributed by atoms with Crippen LogP contribution in [0.3, 0.4) is 0 Å². The fourth-order valence-corrected chi connectivity index (χ4v) is 2.89. The Morgan fingerprint density at radius 3 is 3.06 bits per heavy atom. The first-order chi connectivity index (χ1) is 7.74. The van der Waals surface area contributed by atoms with Crippen molar-refractivity contribution < 1.29 is 0 Å². The zero-order chi connectivity index (χ0) is 11.5. The summed E-state index contributed by atoms with van der Waals surface area (Å²) in [6.07, 6.45) is 7.18. The molecule has 2 N–H and O–H groups in total. The van der Waals surface area contributed by atoms with Crippen molar-refractivity contribution in [2.24, 2.45) is 11.7 Å². The Bertz CT molecular complexity index is 356. The molecule has 1 aromatic heterocycles. The number of hydrogen-bond acceptors (Lipinski definition) is 3. The Morgan fingerprint density at radius 1 is 1.56 bits per heavy atom. The molecule has 0 saturated heterocycles. The third-order valence-electron chi connectivity index (χ3n) is 3.55. The predicted molar refractivity (Wildman–Crippen MR) is 67.8 cm³/mol. The third-order valence-corrected chi connectivity index (χ3v) is 3.84. The fraction of sp³-hybridized carbons (Fsp3) is 0.583. The summed E-state index contributed by atoms with van der Waals surface area (Å²) in [6.45, 7) is 0.762. The van der Waals surface area contributed by atoms with Crippen LogP contribution in [0.15, 0.2) is 18.5 Å². The van der Waals surface area contributed by atoms with Gasteiger partial charge in [0.1, 0.15) is 0 Å². The minimum absolute atomic E-state index is 0.518. The minimum atomic E-state index is 0.518. The molecule has 1 fully saturated rings. The molecule has 0 aliphatic heterocycles. The van der Waals surface area contributed by atoms with E-state index in [0.717, 1.165) is 12.2 Å².